The van der Waals surface area contributed by atoms with Crippen molar-refractivity contribution in [2.75, 3.05) is 13.1 Å². The molecule has 2 aromatic rings. The van der Waals surface area contributed by atoms with Gasteiger partial charge in [0.1, 0.15) is 5.60 Å². The van der Waals surface area contributed by atoms with E-state index < -0.39 is 5.60 Å². The molecule has 0 bridgehead atoms. The number of carbonyl (C=O) groups is 2. The summed E-state index contributed by atoms with van der Waals surface area (Å²) in [5, 5.41) is 6.69. The number of halogens is 1. The second kappa shape index (κ2) is 11.0. The Hall–Kier alpha value is -2.38. The van der Waals surface area contributed by atoms with Gasteiger partial charge >= 0.3 is 12.1 Å². The van der Waals surface area contributed by atoms with Gasteiger partial charge in [-0.25, -0.2) is 9.59 Å². The van der Waals surface area contributed by atoms with Crippen molar-refractivity contribution in [2.24, 2.45) is 0 Å². The van der Waals surface area contributed by atoms with Crippen LogP contribution in [0.3, 0.4) is 0 Å². The third-order valence-corrected chi connectivity index (χ3v) is 6.31. The van der Waals surface area contributed by atoms with E-state index in [2.05, 4.69) is 10.6 Å². The number of piperidine rings is 1. The highest BCUT2D eigenvalue weighted by atomic mass is 35.5. The maximum absolute atomic E-state index is 12.4. The average Bonchev–Trinajstić information content (AvgIpc) is 2.74. The Morgan fingerprint density at radius 3 is 2.41 bits per heavy atom. The predicted molar refractivity (Wildman–Crippen MR) is 128 cm³/mol. The number of likely N-dealkylation sites (tertiary alicyclic amines) is 1. The lowest BCUT2D eigenvalue weighted by molar-refractivity contribution is 0.0201. The molecule has 32 heavy (non-hydrogen) atoms. The molecule has 1 fully saturated rings. The first-order valence-electron chi connectivity index (χ1n) is 10.7. The molecule has 8 heteroatoms. The standard InChI is InChI=1S/C24H30ClN3O3S/c1-24(2,3)31-23(30)28-14-12-19(13-15-28)27-22(29)26-16-17-6-4-5-7-21(17)32-20-10-8-18(25)9-11-20/h4-11,19H,12-16H2,1-3H3,(H2,26,27,29). The molecule has 172 valence electrons. The Morgan fingerprint density at radius 1 is 1.09 bits per heavy atom. The first-order valence-corrected chi connectivity index (χ1v) is 11.9. The molecule has 0 spiro atoms. The summed E-state index contributed by atoms with van der Waals surface area (Å²) >= 11 is 7.61. The monoisotopic (exact) mass is 475 g/mol. The number of carbonyl (C=O) groups excluding carboxylic acids is 2. The summed E-state index contributed by atoms with van der Waals surface area (Å²) in [5.74, 6) is 0. The molecule has 3 rings (SSSR count). The number of hydrogen-bond acceptors (Lipinski definition) is 4. The molecule has 0 saturated carbocycles. The third-order valence-electron chi connectivity index (χ3n) is 4.94. The maximum atomic E-state index is 12.4. The van der Waals surface area contributed by atoms with Crippen molar-refractivity contribution in [1.29, 1.82) is 0 Å². The number of rotatable bonds is 5. The summed E-state index contributed by atoms with van der Waals surface area (Å²) in [6.45, 7) is 7.14. The number of nitrogens with zero attached hydrogens (tertiary/aromatic N) is 1. The number of benzene rings is 2. The molecular formula is C24H30ClN3O3S. The Kier molecular flexibility index (Phi) is 8.32. The van der Waals surface area contributed by atoms with Gasteiger partial charge in [0, 0.05) is 40.5 Å². The van der Waals surface area contributed by atoms with Gasteiger partial charge in [-0.3, -0.25) is 0 Å². The molecule has 1 aliphatic heterocycles. The predicted octanol–water partition coefficient (Wildman–Crippen LogP) is 5.69. The number of amides is 3. The van der Waals surface area contributed by atoms with Crippen LogP contribution in [0.1, 0.15) is 39.2 Å². The van der Waals surface area contributed by atoms with Crippen LogP contribution >= 0.6 is 23.4 Å². The highest BCUT2D eigenvalue weighted by Crippen LogP contribution is 2.31. The maximum Gasteiger partial charge on any atom is 0.410 e. The van der Waals surface area contributed by atoms with Crippen molar-refractivity contribution in [2.45, 2.75) is 61.6 Å². The molecular weight excluding hydrogens is 446 g/mol. The molecule has 0 unspecified atom stereocenters. The van der Waals surface area contributed by atoms with Crippen molar-refractivity contribution in [3.05, 3.63) is 59.1 Å². The lowest BCUT2D eigenvalue weighted by atomic mass is 10.1. The number of urea groups is 1. The van der Waals surface area contributed by atoms with Crippen molar-refractivity contribution < 1.29 is 14.3 Å². The second-order valence-corrected chi connectivity index (χ2v) is 10.3. The highest BCUT2D eigenvalue weighted by Gasteiger charge is 2.27. The molecule has 1 heterocycles. The molecule has 0 aromatic heterocycles. The zero-order valence-corrected chi connectivity index (χ0v) is 20.3. The van der Waals surface area contributed by atoms with E-state index >= 15 is 0 Å². The van der Waals surface area contributed by atoms with Crippen molar-refractivity contribution in [3.8, 4) is 0 Å². The van der Waals surface area contributed by atoms with Crippen molar-refractivity contribution in [3.63, 3.8) is 0 Å². The Labute approximate surface area is 199 Å². The molecule has 0 aliphatic carbocycles. The molecule has 1 saturated heterocycles. The molecule has 2 N–H and O–H groups in total. The van der Waals surface area contributed by atoms with Crippen LogP contribution in [-0.4, -0.2) is 41.8 Å². The fraction of sp³-hybridized carbons (Fsp3) is 0.417. The van der Waals surface area contributed by atoms with Crippen molar-refractivity contribution >= 4 is 35.5 Å². The minimum atomic E-state index is -0.506. The van der Waals surface area contributed by atoms with E-state index in [0.29, 0.717) is 37.5 Å². The summed E-state index contributed by atoms with van der Waals surface area (Å²) in [6.07, 6.45) is 1.11. The van der Waals surface area contributed by atoms with Gasteiger partial charge < -0.3 is 20.3 Å². The van der Waals surface area contributed by atoms with Crippen LogP contribution < -0.4 is 10.6 Å². The van der Waals surface area contributed by atoms with Crippen LogP contribution in [0.25, 0.3) is 0 Å². The fourth-order valence-electron chi connectivity index (χ4n) is 3.32. The van der Waals surface area contributed by atoms with Crippen LogP contribution in [-0.2, 0) is 11.3 Å². The van der Waals surface area contributed by atoms with E-state index in [9.17, 15) is 9.59 Å². The fourth-order valence-corrected chi connectivity index (χ4v) is 4.39. The van der Waals surface area contributed by atoms with E-state index in [1.165, 1.54) is 0 Å². The highest BCUT2D eigenvalue weighted by molar-refractivity contribution is 7.99. The first kappa shape index (κ1) is 24.3. The topological polar surface area (TPSA) is 70.7 Å². The van der Waals surface area contributed by atoms with Gasteiger partial charge in [0.2, 0.25) is 0 Å². The second-order valence-electron chi connectivity index (χ2n) is 8.73. The number of hydrogen-bond donors (Lipinski definition) is 2. The zero-order chi connectivity index (χ0) is 23.1. The Bertz CT molecular complexity index is 923. The van der Waals surface area contributed by atoms with Gasteiger partial charge in [-0.2, -0.15) is 0 Å². The molecule has 0 radical (unpaired) electrons. The van der Waals surface area contributed by atoms with Gasteiger partial charge in [0.15, 0.2) is 0 Å². The van der Waals surface area contributed by atoms with Crippen molar-refractivity contribution in [1.82, 2.24) is 15.5 Å². The Balaban J connectivity index is 1.46. The quantitative estimate of drug-likeness (QED) is 0.582. The molecule has 6 nitrogen and oxygen atoms in total. The molecule has 1 aliphatic rings. The summed E-state index contributed by atoms with van der Waals surface area (Å²) < 4.78 is 5.42. The summed E-state index contributed by atoms with van der Waals surface area (Å²) in [6, 6.07) is 15.5. The summed E-state index contributed by atoms with van der Waals surface area (Å²) in [4.78, 5) is 28.5. The molecule has 3 amide bonds. The van der Waals surface area contributed by atoms with Crippen LogP contribution in [0.5, 0.6) is 0 Å². The van der Waals surface area contributed by atoms with Crippen LogP contribution in [0.15, 0.2) is 58.3 Å². The van der Waals surface area contributed by atoms with E-state index in [0.717, 1.165) is 15.4 Å². The first-order chi connectivity index (χ1) is 15.2. The number of ether oxygens (including phenoxy) is 1. The normalized spacial score (nSPS) is 14.7. The van der Waals surface area contributed by atoms with Gasteiger partial charge in [-0.1, -0.05) is 41.6 Å². The Morgan fingerprint density at radius 2 is 1.75 bits per heavy atom. The van der Waals surface area contributed by atoms with E-state index in [1.807, 2.05) is 69.3 Å². The number of nitrogens with one attached hydrogen (secondary N) is 2. The van der Waals surface area contributed by atoms with Crippen LogP contribution in [0, 0.1) is 0 Å². The minimum Gasteiger partial charge on any atom is -0.444 e. The lowest BCUT2D eigenvalue weighted by Crippen LogP contribution is -2.49. The van der Waals surface area contributed by atoms with Gasteiger partial charge in [-0.15, -0.1) is 0 Å². The largest absolute Gasteiger partial charge is 0.444 e. The van der Waals surface area contributed by atoms with E-state index in [-0.39, 0.29) is 18.2 Å². The third kappa shape index (κ3) is 7.64. The van der Waals surface area contributed by atoms with Gasteiger partial charge in [0.25, 0.3) is 0 Å². The minimum absolute atomic E-state index is 0.0346. The lowest BCUT2D eigenvalue weighted by Gasteiger charge is -2.33. The van der Waals surface area contributed by atoms with E-state index in [1.54, 1.807) is 16.7 Å². The zero-order valence-electron chi connectivity index (χ0n) is 18.7. The van der Waals surface area contributed by atoms with Gasteiger partial charge in [-0.05, 0) is 69.5 Å². The summed E-state index contributed by atoms with van der Waals surface area (Å²) in [5.41, 5.74) is 0.538. The van der Waals surface area contributed by atoms with E-state index in [4.69, 9.17) is 16.3 Å². The SMILES string of the molecule is CC(C)(C)OC(=O)N1CCC(NC(=O)NCc2ccccc2Sc2ccc(Cl)cc2)CC1. The van der Waals surface area contributed by atoms with Gasteiger partial charge in [0.05, 0.1) is 0 Å². The van der Waals surface area contributed by atoms with Crippen LogP contribution in [0.2, 0.25) is 5.02 Å². The molecule has 2 aromatic carbocycles. The van der Waals surface area contributed by atoms with Crippen LogP contribution in [0.4, 0.5) is 9.59 Å². The molecule has 0 atom stereocenters. The average molecular weight is 476 g/mol. The smallest absolute Gasteiger partial charge is 0.410 e. The summed E-state index contributed by atoms with van der Waals surface area (Å²) in [7, 11) is 0.